The van der Waals surface area contributed by atoms with Crippen LogP contribution in [0.2, 0.25) is 0 Å². The van der Waals surface area contributed by atoms with Crippen molar-refractivity contribution in [2.45, 2.75) is 50.5 Å². The van der Waals surface area contributed by atoms with Crippen molar-refractivity contribution >= 4 is 23.9 Å². The van der Waals surface area contributed by atoms with Crippen molar-refractivity contribution in [2.75, 3.05) is 33.9 Å². The number of esters is 2. The van der Waals surface area contributed by atoms with E-state index < -0.39 is 17.8 Å². The fourth-order valence-electron chi connectivity index (χ4n) is 5.66. The van der Waals surface area contributed by atoms with Gasteiger partial charge < -0.3 is 25.0 Å². The van der Waals surface area contributed by atoms with Crippen molar-refractivity contribution in [3.8, 4) is 0 Å². The van der Waals surface area contributed by atoms with Crippen LogP contribution in [0.25, 0.3) is 0 Å². The highest BCUT2D eigenvalue weighted by Crippen LogP contribution is 2.55. The first-order chi connectivity index (χ1) is 13.8. The summed E-state index contributed by atoms with van der Waals surface area (Å²) in [6.07, 6.45) is 7.03. The largest absolute Gasteiger partial charge is 0.468 e. The van der Waals surface area contributed by atoms with E-state index in [0.717, 1.165) is 41.9 Å². The SMILES string of the molecule is COC(=O)CN(CC(=O)OC)C(=O)CCNC(=O)NC12CC3CC(CC(C3)C1)C2. The molecule has 9 nitrogen and oxygen atoms in total. The number of carbonyl (C=O) groups is 4. The molecule has 0 unspecified atom stereocenters. The van der Waals surface area contributed by atoms with Gasteiger partial charge in [-0.3, -0.25) is 14.4 Å². The minimum Gasteiger partial charge on any atom is -0.468 e. The highest BCUT2D eigenvalue weighted by Gasteiger charge is 2.51. The Balaban J connectivity index is 1.45. The normalized spacial score (nSPS) is 29.1. The maximum Gasteiger partial charge on any atom is 0.325 e. The van der Waals surface area contributed by atoms with Crippen LogP contribution < -0.4 is 10.6 Å². The first-order valence-corrected chi connectivity index (χ1v) is 10.3. The average Bonchev–Trinajstić information content (AvgIpc) is 2.65. The summed E-state index contributed by atoms with van der Waals surface area (Å²) in [5, 5.41) is 5.94. The third-order valence-corrected chi connectivity index (χ3v) is 6.49. The lowest BCUT2D eigenvalue weighted by Gasteiger charge is -2.56. The molecule has 162 valence electrons. The second kappa shape index (κ2) is 9.00. The molecule has 0 aliphatic heterocycles. The van der Waals surface area contributed by atoms with Gasteiger partial charge in [-0.15, -0.1) is 0 Å². The summed E-state index contributed by atoms with van der Waals surface area (Å²) in [6.45, 7) is -0.566. The quantitative estimate of drug-likeness (QED) is 0.574. The van der Waals surface area contributed by atoms with Gasteiger partial charge in [0, 0.05) is 18.5 Å². The monoisotopic (exact) mass is 409 g/mol. The van der Waals surface area contributed by atoms with Crippen LogP contribution in [0.5, 0.6) is 0 Å². The summed E-state index contributed by atoms with van der Waals surface area (Å²) in [5.74, 6) is 0.496. The summed E-state index contributed by atoms with van der Waals surface area (Å²) >= 11 is 0. The molecule has 4 saturated carbocycles. The van der Waals surface area contributed by atoms with Crippen LogP contribution in [-0.4, -0.2) is 68.2 Å². The zero-order chi connectivity index (χ0) is 21.0. The van der Waals surface area contributed by atoms with Crippen LogP contribution in [0.1, 0.15) is 44.9 Å². The van der Waals surface area contributed by atoms with E-state index in [1.165, 1.54) is 33.5 Å². The molecule has 9 heteroatoms. The van der Waals surface area contributed by atoms with Crippen LogP contribution in [0.3, 0.4) is 0 Å². The van der Waals surface area contributed by atoms with E-state index >= 15 is 0 Å². The Morgan fingerprint density at radius 1 is 0.897 bits per heavy atom. The molecule has 0 aromatic carbocycles. The molecule has 0 radical (unpaired) electrons. The molecule has 0 saturated heterocycles. The molecule has 2 N–H and O–H groups in total. The number of urea groups is 1. The third kappa shape index (κ3) is 5.39. The number of carbonyl (C=O) groups excluding carboxylic acids is 4. The van der Waals surface area contributed by atoms with Crippen molar-refractivity contribution in [2.24, 2.45) is 17.8 Å². The molecule has 4 aliphatic rings. The number of rotatable bonds is 8. The van der Waals surface area contributed by atoms with E-state index in [-0.39, 0.29) is 37.6 Å². The molecule has 0 atom stereocenters. The summed E-state index contributed by atoms with van der Waals surface area (Å²) in [6, 6.07) is -0.257. The number of nitrogens with one attached hydrogen (secondary N) is 2. The predicted octanol–water partition coefficient (Wildman–Crippen LogP) is 0.819. The van der Waals surface area contributed by atoms with Crippen LogP contribution in [0, 0.1) is 17.8 Å². The lowest BCUT2D eigenvalue weighted by molar-refractivity contribution is -0.152. The van der Waals surface area contributed by atoms with Crippen LogP contribution >= 0.6 is 0 Å². The summed E-state index contributed by atoms with van der Waals surface area (Å²) < 4.78 is 9.12. The number of hydrogen-bond acceptors (Lipinski definition) is 6. The molecule has 4 fully saturated rings. The number of methoxy groups -OCH3 is 2. The van der Waals surface area contributed by atoms with Gasteiger partial charge in [0.2, 0.25) is 5.91 Å². The Bertz CT molecular complexity index is 611. The molecule has 4 rings (SSSR count). The Labute approximate surface area is 170 Å². The first-order valence-electron chi connectivity index (χ1n) is 10.3. The number of amides is 3. The Kier molecular flexibility index (Phi) is 6.64. The second-order valence-electron chi connectivity index (χ2n) is 8.73. The molecule has 29 heavy (non-hydrogen) atoms. The van der Waals surface area contributed by atoms with Crippen molar-refractivity contribution in [1.82, 2.24) is 15.5 Å². The standard InChI is InChI=1S/C20H31N3O6/c1-28-17(25)11-23(12-18(26)29-2)16(24)3-4-21-19(27)22-20-8-13-5-14(9-20)7-15(6-13)10-20/h13-15H,3-12H2,1-2H3,(H2,21,22,27). The Morgan fingerprint density at radius 3 is 1.83 bits per heavy atom. The van der Waals surface area contributed by atoms with Crippen LogP contribution in [0.4, 0.5) is 4.79 Å². The van der Waals surface area contributed by atoms with E-state index in [2.05, 4.69) is 20.1 Å². The molecular formula is C20H31N3O6. The smallest absolute Gasteiger partial charge is 0.325 e. The van der Waals surface area contributed by atoms with E-state index in [4.69, 9.17) is 0 Å². The highest BCUT2D eigenvalue weighted by atomic mass is 16.5. The van der Waals surface area contributed by atoms with Crippen molar-refractivity contribution in [3.63, 3.8) is 0 Å². The summed E-state index contributed by atoms with van der Waals surface area (Å²) in [4.78, 5) is 48.8. The van der Waals surface area contributed by atoms with Gasteiger partial charge in [0.1, 0.15) is 13.1 Å². The number of hydrogen-bond donors (Lipinski definition) is 2. The summed E-state index contributed by atoms with van der Waals surface area (Å²) in [5.41, 5.74) is -0.0926. The van der Waals surface area contributed by atoms with Gasteiger partial charge in [-0.25, -0.2) is 4.79 Å². The molecule has 4 aliphatic carbocycles. The fraction of sp³-hybridized carbons (Fsp3) is 0.800. The molecule has 4 bridgehead atoms. The van der Waals surface area contributed by atoms with Crippen LogP contribution in [0.15, 0.2) is 0 Å². The van der Waals surface area contributed by atoms with E-state index in [1.54, 1.807) is 0 Å². The molecule has 0 aromatic heterocycles. The first kappa shape index (κ1) is 21.4. The van der Waals surface area contributed by atoms with Crippen molar-refractivity contribution in [3.05, 3.63) is 0 Å². The Hall–Kier alpha value is -2.32. The molecule has 3 amide bonds. The zero-order valence-corrected chi connectivity index (χ0v) is 17.2. The van der Waals surface area contributed by atoms with Gasteiger partial charge >= 0.3 is 18.0 Å². The fourth-order valence-corrected chi connectivity index (χ4v) is 5.66. The maximum absolute atomic E-state index is 12.4. The van der Waals surface area contributed by atoms with Gasteiger partial charge in [0.05, 0.1) is 14.2 Å². The summed E-state index contributed by atoms with van der Waals surface area (Å²) in [7, 11) is 2.42. The Morgan fingerprint density at radius 2 is 1.38 bits per heavy atom. The lowest BCUT2D eigenvalue weighted by Crippen LogP contribution is -2.61. The van der Waals surface area contributed by atoms with Gasteiger partial charge in [-0.1, -0.05) is 0 Å². The minimum atomic E-state index is -0.630. The van der Waals surface area contributed by atoms with E-state index in [9.17, 15) is 19.2 Å². The molecular weight excluding hydrogens is 378 g/mol. The van der Waals surface area contributed by atoms with Gasteiger partial charge in [-0.05, 0) is 56.3 Å². The minimum absolute atomic E-state index is 0.0255. The molecule has 0 heterocycles. The highest BCUT2D eigenvalue weighted by molar-refractivity contribution is 5.86. The predicted molar refractivity (Wildman–Crippen MR) is 103 cm³/mol. The van der Waals surface area contributed by atoms with Crippen molar-refractivity contribution in [1.29, 1.82) is 0 Å². The number of nitrogens with zero attached hydrogens (tertiary/aromatic N) is 1. The maximum atomic E-state index is 12.4. The average molecular weight is 409 g/mol. The van der Waals surface area contributed by atoms with Gasteiger partial charge in [-0.2, -0.15) is 0 Å². The van der Waals surface area contributed by atoms with Crippen LogP contribution in [-0.2, 0) is 23.9 Å². The van der Waals surface area contributed by atoms with Crippen molar-refractivity contribution < 1.29 is 28.7 Å². The van der Waals surface area contributed by atoms with Gasteiger partial charge in [0.15, 0.2) is 0 Å². The van der Waals surface area contributed by atoms with E-state index in [1.807, 2.05) is 0 Å². The lowest BCUT2D eigenvalue weighted by atomic mass is 9.53. The third-order valence-electron chi connectivity index (χ3n) is 6.49. The van der Waals surface area contributed by atoms with Gasteiger partial charge in [0.25, 0.3) is 0 Å². The number of ether oxygens (including phenoxy) is 2. The molecule has 0 aromatic rings. The second-order valence-corrected chi connectivity index (χ2v) is 8.73. The topological polar surface area (TPSA) is 114 Å². The molecule has 0 spiro atoms. The van der Waals surface area contributed by atoms with E-state index in [0.29, 0.717) is 0 Å². The zero-order valence-electron chi connectivity index (χ0n) is 17.2.